The van der Waals surface area contributed by atoms with Crippen molar-refractivity contribution in [3.8, 4) is 0 Å². The molecule has 22 heavy (non-hydrogen) atoms. The zero-order valence-corrected chi connectivity index (χ0v) is 14.0. The Balaban J connectivity index is 1.89. The number of ether oxygens (including phenoxy) is 1. The number of nitrogens with one attached hydrogen (secondary N) is 2. The average molecular weight is 333 g/mol. The Kier molecular flexibility index (Phi) is 5.81. The van der Waals surface area contributed by atoms with Crippen molar-refractivity contribution in [3.05, 3.63) is 0 Å². The Bertz CT molecular complexity index is 488. The minimum absolute atomic E-state index is 0.0247. The van der Waals surface area contributed by atoms with E-state index in [9.17, 15) is 13.2 Å². The fourth-order valence-electron chi connectivity index (χ4n) is 3.41. The van der Waals surface area contributed by atoms with E-state index in [2.05, 4.69) is 10.0 Å². The number of hydrogen-bond donors (Lipinski definition) is 3. The molecule has 0 aromatic heterocycles. The molecular formula is C14H27N3O4S. The van der Waals surface area contributed by atoms with E-state index in [1.54, 1.807) is 0 Å². The SMILES string of the molecule is CS(=O)(=O)NC1CCCC1CNC(=O)C1(CN)CCOCC1. The van der Waals surface area contributed by atoms with Crippen LogP contribution in [0.2, 0.25) is 0 Å². The average Bonchev–Trinajstić information content (AvgIpc) is 2.90. The van der Waals surface area contributed by atoms with Crippen LogP contribution < -0.4 is 15.8 Å². The predicted octanol–water partition coefficient (Wildman–Crippen LogP) is -0.424. The molecule has 2 aliphatic rings. The molecule has 0 aromatic rings. The van der Waals surface area contributed by atoms with E-state index in [0.717, 1.165) is 19.3 Å². The van der Waals surface area contributed by atoms with Crippen LogP contribution in [-0.4, -0.2) is 52.9 Å². The fourth-order valence-corrected chi connectivity index (χ4v) is 4.27. The highest BCUT2D eigenvalue weighted by Crippen LogP contribution is 2.30. The number of nitrogens with two attached hydrogens (primary N) is 1. The molecule has 128 valence electrons. The molecule has 0 spiro atoms. The molecule has 1 aliphatic carbocycles. The second-order valence-corrected chi connectivity index (χ2v) is 8.27. The summed E-state index contributed by atoms with van der Waals surface area (Å²) in [5, 5.41) is 2.99. The Morgan fingerprint density at radius 2 is 2.00 bits per heavy atom. The van der Waals surface area contributed by atoms with Crippen LogP contribution >= 0.6 is 0 Å². The fraction of sp³-hybridized carbons (Fsp3) is 0.929. The standard InChI is InChI=1S/C14H27N3O4S/c1-22(19,20)17-12-4-2-3-11(12)9-16-13(18)14(10-15)5-7-21-8-6-14/h11-12,17H,2-10,15H2,1H3,(H,16,18). The maximum atomic E-state index is 12.5. The monoisotopic (exact) mass is 333 g/mol. The number of amides is 1. The summed E-state index contributed by atoms with van der Waals surface area (Å²) < 4.78 is 30.8. The van der Waals surface area contributed by atoms with E-state index in [4.69, 9.17) is 10.5 Å². The highest BCUT2D eigenvalue weighted by Gasteiger charge is 2.39. The van der Waals surface area contributed by atoms with E-state index in [1.807, 2.05) is 0 Å². The topological polar surface area (TPSA) is 111 Å². The molecule has 2 fully saturated rings. The molecule has 1 saturated heterocycles. The van der Waals surface area contributed by atoms with Gasteiger partial charge in [-0.1, -0.05) is 6.42 Å². The Hall–Kier alpha value is -0.700. The van der Waals surface area contributed by atoms with Gasteiger partial charge < -0.3 is 15.8 Å². The molecule has 7 nitrogen and oxygen atoms in total. The molecule has 0 bridgehead atoms. The molecular weight excluding hydrogens is 306 g/mol. The van der Waals surface area contributed by atoms with Gasteiger partial charge in [-0.25, -0.2) is 13.1 Å². The third-order valence-corrected chi connectivity index (χ3v) is 5.60. The van der Waals surface area contributed by atoms with E-state index >= 15 is 0 Å². The second-order valence-electron chi connectivity index (χ2n) is 6.49. The zero-order chi connectivity index (χ0) is 16.2. The highest BCUT2D eigenvalue weighted by molar-refractivity contribution is 7.88. The van der Waals surface area contributed by atoms with E-state index < -0.39 is 15.4 Å². The van der Waals surface area contributed by atoms with Crippen LogP contribution in [0.25, 0.3) is 0 Å². The summed E-state index contributed by atoms with van der Waals surface area (Å²) in [5.74, 6) is 0.122. The first-order valence-electron chi connectivity index (χ1n) is 7.90. The molecule has 0 aromatic carbocycles. The van der Waals surface area contributed by atoms with Gasteiger partial charge in [-0.05, 0) is 31.6 Å². The van der Waals surface area contributed by atoms with Gasteiger partial charge in [0.2, 0.25) is 15.9 Å². The summed E-state index contributed by atoms with van der Waals surface area (Å²) in [5.41, 5.74) is 5.29. The van der Waals surface area contributed by atoms with Crippen LogP contribution in [0.5, 0.6) is 0 Å². The smallest absolute Gasteiger partial charge is 0.227 e. The van der Waals surface area contributed by atoms with Crippen LogP contribution in [0.3, 0.4) is 0 Å². The largest absolute Gasteiger partial charge is 0.381 e. The van der Waals surface area contributed by atoms with Crippen LogP contribution in [0.4, 0.5) is 0 Å². The summed E-state index contributed by atoms with van der Waals surface area (Å²) in [4.78, 5) is 12.5. The molecule has 1 saturated carbocycles. The third-order valence-electron chi connectivity index (χ3n) is 4.87. The molecule has 0 radical (unpaired) electrons. The van der Waals surface area contributed by atoms with Crippen molar-refractivity contribution in [1.29, 1.82) is 0 Å². The molecule has 1 heterocycles. The first-order valence-corrected chi connectivity index (χ1v) is 9.79. The Morgan fingerprint density at radius 1 is 1.32 bits per heavy atom. The lowest BCUT2D eigenvalue weighted by molar-refractivity contribution is -0.136. The van der Waals surface area contributed by atoms with Gasteiger partial charge in [0.25, 0.3) is 0 Å². The number of carbonyl (C=O) groups is 1. The first kappa shape index (κ1) is 17.7. The van der Waals surface area contributed by atoms with E-state index in [-0.39, 0.29) is 17.9 Å². The number of sulfonamides is 1. The zero-order valence-electron chi connectivity index (χ0n) is 13.1. The van der Waals surface area contributed by atoms with E-state index in [1.165, 1.54) is 6.26 Å². The Morgan fingerprint density at radius 3 is 2.59 bits per heavy atom. The lowest BCUT2D eigenvalue weighted by Crippen LogP contribution is -2.51. The van der Waals surface area contributed by atoms with Gasteiger partial charge in [0, 0.05) is 32.3 Å². The van der Waals surface area contributed by atoms with Crippen molar-refractivity contribution < 1.29 is 17.9 Å². The summed E-state index contributed by atoms with van der Waals surface area (Å²) in [6.07, 6.45) is 5.18. The van der Waals surface area contributed by atoms with Gasteiger partial charge in [0.15, 0.2) is 0 Å². The highest BCUT2D eigenvalue weighted by atomic mass is 32.2. The lowest BCUT2D eigenvalue weighted by atomic mass is 9.79. The molecule has 2 rings (SSSR count). The molecule has 1 amide bonds. The molecule has 4 N–H and O–H groups in total. The molecule has 1 aliphatic heterocycles. The predicted molar refractivity (Wildman–Crippen MR) is 83.7 cm³/mol. The quantitative estimate of drug-likeness (QED) is 0.611. The summed E-state index contributed by atoms with van der Waals surface area (Å²) in [6.45, 7) is 1.94. The van der Waals surface area contributed by atoms with Gasteiger partial charge >= 0.3 is 0 Å². The summed E-state index contributed by atoms with van der Waals surface area (Å²) in [7, 11) is -3.22. The van der Waals surface area contributed by atoms with Crippen LogP contribution in [-0.2, 0) is 19.6 Å². The Labute approximate surface area is 132 Å². The van der Waals surface area contributed by atoms with Crippen molar-refractivity contribution >= 4 is 15.9 Å². The number of carbonyl (C=O) groups excluding carboxylic acids is 1. The van der Waals surface area contributed by atoms with Gasteiger partial charge in [-0.15, -0.1) is 0 Å². The first-order chi connectivity index (χ1) is 10.4. The minimum Gasteiger partial charge on any atom is -0.381 e. The lowest BCUT2D eigenvalue weighted by Gasteiger charge is -2.35. The number of rotatable bonds is 6. The van der Waals surface area contributed by atoms with Crippen molar-refractivity contribution in [2.45, 2.75) is 38.1 Å². The molecule has 2 unspecified atom stereocenters. The van der Waals surface area contributed by atoms with Gasteiger partial charge in [-0.3, -0.25) is 4.79 Å². The second kappa shape index (κ2) is 7.25. The normalized spacial score (nSPS) is 28.5. The van der Waals surface area contributed by atoms with E-state index in [0.29, 0.717) is 39.1 Å². The maximum absolute atomic E-state index is 12.5. The van der Waals surface area contributed by atoms with Crippen molar-refractivity contribution in [2.24, 2.45) is 17.1 Å². The van der Waals surface area contributed by atoms with Crippen molar-refractivity contribution in [2.75, 3.05) is 32.6 Å². The van der Waals surface area contributed by atoms with Crippen LogP contribution in [0.1, 0.15) is 32.1 Å². The van der Waals surface area contributed by atoms with Crippen molar-refractivity contribution in [3.63, 3.8) is 0 Å². The van der Waals surface area contributed by atoms with Crippen LogP contribution in [0.15, 0.2) is 0 Å². The van der Waals surface area contributed by atoms with Gasteiger partial charge in [0.05, 0.1) is 11.7 Å². The number of hydrogen-bond acceptors (Lipinski definition) is 5. The minimum atomic E-state index is -3.22. The summed E-state index contributed by atoms with van der Waals surface area (Å²) >= 11 is 0. The molecule has 8 heteroatoms. The van der Waals surface area contributed by atoms with Gasteiger partial charge in [-0.2, -0.15) is 0 Å². The van der Waals surface area contributed by atoms with Crippen LogP contribution in [0, 0.1) is 11.3 Å². The molecule has 2 atom stereocenters. The maximum Gasteiger partial charge on any atom is 0.227 e. The third kappa shape index (κ3) is 4.41. The van der Waals surface area contributed by atoms with Crippen molar-refractivity contribution in [1.82, 2.24) is 10.0 Å². The van der Waals surface area contributed by atoms with Gasteiger partial charge in [0.1, 0.15) is 0 Å². The summed E-state index contributed by atoms with van der Waals surface area (Å²) in [6, 6.07) is -0.0844.